The fourth-order valence-electron chi connectivity index (χ4n) is 5.08. The number of carbonyl (C=O) groups excluding carboxylic acids is 2. The van der Waals surface area contributed by atoms with Gasteiger partial charge in [-0.05, 0) is 52.0 Å². The Labute approximate surface area is 189 Å². The fourth-order valence-corrected chi connectivity index (χ4v) is 5.08. The maximum Gasteiger partial charge on any atom is 0.408 e. The molecule has 7 heteroatoms. The summed E-state index contributed by atoms with van der Waals surface area (Å²) in [6, 6.07) is 8.64. The summed E-state index contributed by atoms with van der Waals surface area (Å²) >= 11 is 0. The second-order valence-electron chi connectivity index (χ2n) is 9.80. The minimum absolute atomic E-state index is 0.145. The van der Waals surface area contributed by atoms with Crippen LogP contribution >= 0.6 is 0 Å². The van der Waals surface area contributed by atoms with Crippen molar-refractivity contribution >= 4 is 12.0 Å². The van der Waals surface area contributed by atoms with Crippen LogP contribution in [0, 0.1) is 5.92 Å². The number of epoxide rings is 2. The molecule has 1 aromatic rings. The molecule has 0 unspecified atom stereocenters. The van der Waals surface area contributed by atoms with Gasteiger partial charge in [-0.2, -0.15) is 0 Å². The highest BCUT2D eigenvalue weighted by Crippen LogP contribution is 2.59. The molecule has 0 aromatic heterocycles. The molecule has 32 heavy (non-hydrogen) atoms. The molecule has 6 atom stereocenters. The van der Waals surface area contributed by atoms with Crippen molar-refractivity contribution in [3.8, 4) is 0 Å². The van der Waals surface area contributed by atoms with Crippen molar-refractivity contribution < 1.29 is 23.8 Å². The minimum Gasteiger partial charge on any atom is -0.446 e. The summed E-state index contributed by atoms with van der Waals surface area (Å²) in [6.45, 7) is 7.07. The molecule has 2 saturated heterocycles. The Morgan fingerprint density at radius 2 is 2.03 bits per heavy atom. The number of primary amides is 1. The van der Waals surface area contributed by atoms with E-state index < -0.39 is 18.0 Å². The van der Waals surface area contributed by atoms with Crippen LogP contribution in [-0.2, 0) is 25.4 Å². The second kappa shape index (κ2) is 8.87. The molecule has 1 saturated carbocycles. The number of amides is 2. The highest BCUT2D eigenvalue weighted by molar-refractivity contribution is 5.84. The van der Waals surface area contributed by atoms with Gasteiger partial charge in [0.05, 0.1) is 23.9 Å². The number of nitrogens with one attached hydrogen (secondary N) is 1. The van der Waals surface area contributed by atoms with Gasteiger partial charge in [-0.3, -0.25) is 4.79 Å². The molecule has 3 N–H and O–H groups in total. The standard InChI is InChI=1S/C25H34N2O5/c1-16(2)9-10-21-24(3,32-21)20-14-18(11-12-25(20)15-30-25)31-23(29)27-19(22(26)28)13-17-7-5-4-6-8-17/h4-9,18-21H,10-15H2,1-3H3,(H2,26,28)(H,27,29)/t18-,19-,20-,21-,24-,25+/m1/s1. The molecule has 2 heterocycles. The Hall–Kier alpha value is -2.38. The van der Waals surface area contributed by atoms with Crippen molar-refractivity contribution in [3.05, 3.63) is 47.5 Å². The first kappa shape index (κ1) is 22.8. The van der Waals surface area contributed by atoms with E-state index in [0.29, 0.717) is 12.8 Å². The van der Waals surface area contributed by atoms with Gasteiger partial charge in [-0.1, -0.05) is 42.0 Å². The van der Waals surface area contributed by atoms with Crippen LogP contribution in [0.1, 0.15) is 52.0 Å². The Kier molecular flexibility index (Phi) is 6.32. The summed E-state index contributed by atoms with van der Waals surface area (Å²) in [5.41, 5.74) is 7.31. The number of allylic oxidation sites excluding steroid dienone is 1. The summed E-state index contributed by atoms with van der Waals surface area (Å²) in [6.07, 6.45) is 5.00. The molecule has 1 aromatic carbocycles. The molecule has 0 bridgehead atoms. The number of hydrogen-bond acceptors (Lipinski definition) is 5. The van der Waals surface area contributed by atoms with Crippen molar-refractivity contribution in [2.45, 2.75) is 82.3 Å². The predicted octanol–water partition coefficient (Wildman–Crippen LogP) is 3.26. The third kappa shape index (κ3) is 4.99. The lowest BCUT2D eigenvalue weighted by Crippen LogP contribution is -2.49. The van der Waals surface area contributed by atoms with Gasteiger partial charge in [0.25, 0.3) is 0 Å². The number of alkyl carbamates (subject to hydrolysis) is 1. The van der Waals surface area contributed by atoms with Gasteiger partial charge in [0.15, 0.2) is 0 Å². The fraction of sp³-hybridized carbons (Fsp3) is 0.600. The first-order valence-electron chi connectivity index (χ1n) is 11.5. The van der Waals surface area contributed by atoms with Crippen molar-refractivity contribution in [3.63, 3.8) is 0 Å². The maximum absolute atomic E-state index is 12.6. The van der Waals surface area contributed by atoms with Gasteiger partial charge in [0, 0.05) is 12.3 Å². The smallest absolute Gasteiger partial charge is 0.408 e. The minimum atomic E-state index is -0.819. The van der Waals surface area contributed by atoms with E-state index in [1.807, 2.05) is 30.3 Å². The zero-order chi connectivity index (χ0) is 22.9. The van der Waals surface area contributed by atoms with Gasteiger partial charge in [-0.25, -0.2) is 4.79 Å². The number of carbonyl (C=O) groups is 2. The number of rotatable bonds is 8. The van der Waals surface area contributed by atoms with E-state index in [9.17, 15) is 9.59 Å². The Morgan fingerprint density at radius 1 is 1.31 bits per heavy atom. The van der Waals surface area contributed by atoms with Crippen molar-refractivity contribution in [2.24, 2.45) is 11.7 Å². The third-order valence-corrected chi connectivity index (χ3v) is 7.14. The van der Waals surface area contributed by atoms with E-state index in [1.54, 1.807) is 0 Å². The largest absolute Gasteiger partial charge is 0.446 e. The van der Waals surface area contributed by atoms with Crippen molar-refractivity contribution in [2.75, 3.05) is 6.61 Å². The normalized spacial score (nSPS) is 33.8. The van der Waals surface area contributed by atoms with Gasteiger partial charge >= 0.3 is 6.09 Å². The van der Waals surface area contributed by atoms with Crippen LogP contribution in [0.5, 0.6) is 0 Å². The monoisotopic (exact) mass is 442 g/mol. The Balaban J connectivity index is 1.34. The number of ether oxygens (including phenoxy) is 3. The van der Waals surface area contributed by atoms with Gasteiger partial charge in [0.2, 0.25) is 5.91 Å². The average Bonchev–Trinajstić information content (AvgIpc) is 3.66. The number of benzene rings is 1. The molecule has 174 valence electrons. The van der Waals surface area contributed by atoms with E-state index in [1.165, 1.54) is 5.57 Å². The molecule has 1 aliphatic carbocycles. The molecule has 2 amide bonds. The van der Waals surface area contributed by atoms with Crippen molar-refractivity contribution in [1.29, 1.82) is 0 Å². The molecule has 0 radical (unpaired) electrons. The van der Waals surface area contributed by atoms with Gasteiger partial charge in [-0.15, -0.1) is 0 Å². The van der Waals surface area contributed by atoms with Crippen LogP contribution < -0.4 is 11.1 Å². The SMILES string of the molecule is CC(C)=CC[C@H]1O[C@]1(C)[C@H]1C[C@H](OC(=O)N[C@H](Cc2ccccc2)C(N)=O)CC[C@]12CO2. The van der Waals surface area contributed by atoms with Crippen LogP contribution in [0.15, 0.2) is 42.0 Å². The van der Waals surface area contributed by atoms with E-state index in [2.05, 4.69) is 32.2 Å². The highest BCUT2D eigenvalue weighted by Gasteiger charge is 2.68. The zero-order valence-electron chi connectivity index (χ0n) is 19.1. The molecule has 4 rings (SSSR count). The predicted molar refractivity (Wildman–Crippen MR) is 120 cm³/mol. The first-order valence-corrected chi connectivity index (χ1v) is 11.5. The highest BCUT2D eigenvalue weighted by atomic mass is 16.6. The lowest BCUT2D eigenvalue weighted by molar-refractivity contribution is -0.120. The third-order valence-electron chi connectivity index (χ3n) is 7.14. The molecular formula is C25H34N2O5. The Bertz CT molecular complexity index is 878. The maximum atomic E-state index is 12.6. The van der Waals surface area contributed by atoms with Crippen LogP contribution in [0.3, 0.4) is 0 Å². The molecular weight excluding hydrogens is 408 g/mol. The summed E-state index contributed by atoms with van der Waals surface area (Å²) < 4.78 is 17.8. The first-order chi connectivity index (χ1) is 15.2. The van der Waals surface area contributed by atoms with Crippen molar-refractivity contribution in [1.82, 2.24) is 5.32 Å². The lowest BCUT2D eigenvalue weighted by Gasteiger charge is -2.36. The van der Waals surface area contributed by atoms with E-state index in [4.69, 9.17) is 19.9 Å². The summed E-state index contributed by atoms with van der Waals surface area (Å²) in [4.78, 5) is 24.5. The Morgan fingerprint density at radius 3 is 2.66 bits per heavy atom. The van der Waals surface area contributed by atoms with E-state index >= 15 is 0 Å². The van der Waals surface area contributed by atoms with Crippen LogP contribution in [0.25, 0.3) is 0 Å². The van der Waals surface area contributed by atoms with Crippen LogP contribution in [0.2, 0.25) is 0 Å². The molecule has 1 spiro atoms. The molecule has 3 fully saturated rings. The topological polar surface area (TPSA) is 106 Å². The van der Waals surface area contributed by atoms with Crippen LogP contribution in [0.4, 0.5) is 4.79 Å². The average molecular weight is 443 g/mol. The summed E-state index contributed by atoms with van der Waals surface area (Å²) in [5, 5.41) is 2.65. The van der Waals surface area contributed by atoms with Gasteiger partial charge < -0.3 is 25.3 Å². The number of hydrogen-bond donors (Lipinski definition) is 2. The summed E-state index contributed by atoms with van der Waals surface area (Å²) in [5.74, 6) is -0.410. The van der Waals surface area contributed by atoms with E-state index in [0.717, 1.165) is 31.4 Å². The quantitative estimate of drug-likeness (QED) is 0.475. The van der Waals surface area contributed by atoms with E-state index in [-0.39, 0.29) is 29.3 Å². The molecule has 7 nitrogen and oxygen atoms in total. The van der Waals surface area contributed by atoms with Gasteiger partial charge in [0.1, 0.15) is 12.1 Å². The zero-order valence-corrected chi connectivity index (χ0v) is 19.1. The number of nitrogens with two attached hydrogens (primary N) is 1. The molecule has 2 aliphatic heterocycles. The lowest BCUT2D eigenvalue weighted by atomic mass is 9.70. The summed E-state index contributed by atoms with van der Waals surface area (Å²) in [7, 11) is 0. The second-order valence-corrected chi connectivity index (χ2v) is 9.80. The molecule has 3 aliphatic rings. The van der Waals surface area contributed by atoms with Crippen LogP contribution in [-0.4, -0.2) is 48.1 Å².